The number of hydrogen-bond acceptors (Lipinski definition) is 0. The second kappa shape index (κ2) is 1.79. The van der Waals surface area contributed by atoms with E-state index in [4.69, 9.17) is 11.6 Å². The molecule has 0 fully saturated rings. The zero-order valence-electron chi connectivity index (χ0n) is 1.96. The van der Waals surface area contributed by atoms with Crippen LogP contribution in [0.3, 0.4) is 0 Å². The van der Waals surface area contributed by atoms with Crippen molar-refractivity contribution >= 4 is 27.5 Å². The summed E-state index contributed by atoms with van der Waals surface area (Å²) in [4.78, 5) is 0. The van der Waals surface area contributed by atoms with Gasteiger partial charge in [0.25, 0.3) is 0 Å². The van der Waals surface area contributed by atoms with E-state index in [1.54, 1.807) is 0 Å². The van der Waals surface area contributed by atoms with Gasteiger partial charge in [0.2, 0.25) is 0 Å². The summed E-state index contributed by atoms with van der Waals surface area (Å²) in [5.74, 6) is 0. The highest BCUT2D eigenvalue weighted by Gasteiger charge is 1.59. The largest absolute Gasteiger partial charge is 0.0768 e. The fourth-order valence-corrected chi connectivity index (χ4v) is 0. The van der Waals surface area contributed by atoms with Crippen molar-refractivity contribution in [3.63, 3.8) is 0 Å². The van der Waals surface area contributed by atoms with Crippen molar-refractivity contribution in [2.45, 2.75) is 0 Å². The van der Waals surface area contributed by atoms with Crippen molar-refractivity contribution in [1.29, 1.82) is 0 Å². The monoisotopic (exact) mass is 140 g/mol. The number of hydrogen-bond donors (Lipinski definition) is 0. The molecule has 0 aliphatic heterocycles. The zero-order chi connectivity index (χ0) is 3.58. The molecule has 0 aliphatic rings. The van der Waals surface area contributed by atoms with Crippen molar-refractivity contribution in [2.75, 3.05) is 0 Å². The molecular weight excluding hydrogens is 139 g/mol. The molecule has 2 heteroatoms. The van der Waals surface area contributed by atoms with Gasteiger partial charge in [-0.25, -0.2) is 0 Å². The van der Waals surface area contributed by atoms with E-state index < -0.39 is 0 Å². The van der Waals surface area contributed by atoms with Crippen LogP contribution in [0.25, 0.3) is 0 Å². The highest BCUT2D eigenvalue weighted by molar-refractivity contribution is 9.12. The average Bonchev–Trinajstić information content (AvgIpc) is 0.811. The highest BCUT2D eigenvalue weighted by atomic mass is 79.9. The van der Waals surface area contributed by atoms with Crippen LogP contribution in [0, 0.1) is 0 Å². The van der Waals surface area contributed by atoms with E-state index in [1.165, 1.54) is 0 Å². The Bertz CT molecular complexity index is 29.0. The molecule has 0 rings (SSSR count). The van der Waals surface area contributed by atoms with Gasteiger partial charge in [-0.05, 0) is 15.9 Å². The van der Waals surface area contributed by atoms with Crippen LogP contribution in [-0.4, -0.2) is 0 Å². The van der Waals surface area contributed by atoms with Gasteiger partial charge in [0.1, 0.15) is 0 Å². The molecule has 0 spiro atoms. The van der Waals surface area contributed by atoms with E-state index in [0.29, 0.717) is 3.94 Å². The molecule has 0 aromatic rings. The molecule has 0 saturated heterocycles. The second-order valence-corrected chi connectivity index (χ2v) is 2.21. The Hall–Kier alpha value is 0.510. The molecule has 24 valence electrons. The minimum absolute atomic E-state index is 0.451. The lowest BCUT2D eigenvalue weighted by molar-refractivity contribution is 2.54. The maximum absolute atomic E-state index is 5.00. The van der Waals surface area contributed by atoms with Gasteiger partial charge in [-0.2, -0.15) is 0 Å². The molecule has 0 atom stereocenters. The molecule has 0 nitrogen and oxygen atoms in total. The summed E-state index contributed by atoms with van der Waals surface area (Å²) in [6.45, 7) is 3.24. The van der Waals surface area contributed by atoms with Gasteiger partial charge < -0.3 is 0 Å². The summed E-state index contributed by atoms with van der Waals surface area (Å²) in [7, 11) is 0. The lowest BCUT2D eigenvalue weighted by Gasteiger charge is -1.57. The average molecular weight is 141 g/mol. The summed E-state index contributed by atoms with van der Waals surface area (Å²) in [5, 5.41) is 0. The minimum atomic E-state index is 0.451. The molecule has 0 aromatic carbocycles. The molecule has 0 aliphatic carbocycles. The second-order valence-electron chi connectivity index (χ2n) is 0.339. The first-order chi connectivity index (χ1) is 1.73. The zero-order valence-corrected chi connectivity index (χ0v) is 4.30. The van der Waals surface area contributed by atoms with Crippen LogP contribution in [0.2, 0.25) is 0 Å². The summed E-state index contributed by atoms with van der Waals surface area (Å²) in [6, 6.07) is 0. The van der Waals surface area contributed by atoms with E-state index in [0.717, 1.165) is 0 Å². The van der Waals surface area contributed by atoms with Crippen LogP contribution in [0.1, 0.15) is 0 Å². The number of rotatable bonds is 0. The molecule has 0 heterocycles. The maximum Gasteiger partial charge on any atom is 0.0762 e. The van der Waals surface area contributed by atoms with E-state index in [9.17, 15) is 0 Å². The van der Waals surface area contributed by atoms with Crippen molar-refractivity contribution in [2.24, 2.45) is 0 Å². The Morgan fingerprint density at radius 2 is 2.00 bits per heavy atom. The van der Waals surface area contributed by atoms with Gasteiger partial charge in [-0.15, -0.1) is 0 Å². The Morgan fingerprint density at radius 1 is 2.00 bits per heavy atom. The predicted molar refractivity (Wildman–Crippen MR) is 23.9 cm³/mol. The third kappa shape index (κ3) is 22.0. The van der Waals surface area contributed by atoms with Crippen molar-refractivity contribution in [3.05, 3.63) is 10.5 Å². The first-order valence-corrected chi connectivity index (χ1v) is 1.90. The third-order valence-electron chi connectivity index (χ3n) is 0. The first-order valence-electron chi connectivity index (χ1n) is 0.732. The van der Waals surface area contributed by atoms with E-state index in [2.05, 4.69) is 22.5 Å². The van der Waals surface area contributed by atoms with Crippen LogP contribution < -0.4 is 0 Å². The standard InChI is InChI=1S/C2H2BrCl/c1-2(3)4/h1H2. The molecule has 0 saturated carbocycles. The first kappa shape index (κ1) is 4.51. The highest BCUT2D eigenvalue weighted by Crippen LogP contribution is 2.02. The summed E-state index contributed by atoms with van der Waals surface area (Å²) >= 11 is 7.84. The quantitative estimate of drug-likeness (QED) is 0.485. The van der Waals surface area contributed by atoms with Gasteiger partial charge in [-0.3, -0.25) is 0 Å². The Labute approximate surface area is 38.6 Å². The van der Waals surface area contributed by atoms with Crippen LogP contribution in [0.4, 0.5) is 0 Å². The predicted octanol–water partition coefficient (Wildman–Crippen LogP) is 2.09. The molecule has 0 radical (unpaired) electrons. The van der Waals surface area contributed by atoms with Gasteiger partial charge in [-0.1, -0.05) is 18.2 Å². The SMILES string of the molecule is C=C(Cl)Br. The van der Waals surface area contributed by atoms with Gasteiger partial charge in [0, 0.05) is 0 Å². The van der Waals surface area contributed by atoms with E-state index >= 15 is 0 Å². The smallest absolute Gasteiger partial charge is 0.0762 e. The van der Waals surface area contributed by atoms with Gasteiger partial charge >= 0.3 is 0 Å². The van der Waals surface area contributed by atoms with Crippen LogP contribution in [0.5, 0.6) is 0 Å². The van der Waals surface area contributed by atoms with Gasteiger partial charge in [0.05, 0.1) is 3.94 Å². The molecular formula is C2H2BrCl. The minimum Gasteiger partial charge on any atom is -0.0768 e. The molecule has 0 bridgehead atoms. The molecule has 0 aromatic heterocycles. The van der Waals surface area contributed by atoms with Crippen molar-refractivity contribution < 1.29 is 0 Å². The Morgan fingerprint density at radius 3 is 2.00 bits per heavy atom. The van der Waals surface area contributed by atoms with Gasteiger partial charge in [0.15, 0.2) is 0 Å². The molecule has 4 heavy (non-hydrogen) atoms. The normalized spacial score (nSPS) is 6.50. The fraction of sp³-hybridized carbons (Fsp3) is 0. The molecule has 0 unspecified atom stereocenters. The topological polar surface area (TPSA) is 0 Å². The van der Waals surface area contributed by atoms with Crippen LogP contribution in [0.15, 0.2) is 10.5 Å². The van der Waals surface area contributed by atoms with Crippen LogP contribution >= 0.6 is 27.5 Å². The molecule has 0 N–H and O–H groups in total. The Kier molecular flexibility index (Phi) is 2.02. The maximum atomic E-state index is 5.00. The molecule has 0 amide bonds. The summed E-state index contributed by atoms with van der Waals surface area (Å²) < 4.78 is 0.451. The van der Waals surface area contributed by atoms with E-state index in [-0.39, 0.29) is 0 Å². The summed E-state index contributed by atoms with van der Waals surface area (Å²) in [5.41, 5.74) is 0. The lowest BCUT2D eigenvalue weighted by Crippen LogP contribution is -1.22. The lowest BCUT2D eigenvalue weighted by atomic mass is 11.3. The number of halogens is 2. The third-order valence-corrected chi connectivity index (χ3v) is 0. The summed E-state index contributed by atoms with van der Waals surface area (Å²) in [6.07, 6.45) is 0. The van der Waals surface area contributed by atoms with Crippen molar-refractivity contribution in [3.8, 4) is 0 Å². The van der Waals surface area contributed by atoms with Crippen LogP contribution in [-0.2, 0) is 0 Å². The van der Waals surface area contributed by atoms with E-state index in [1.807, 2.05) is 0 Å². The Balaban J connectivity index is 2.80. The van der Waals surface area contributed by atoms with Crippen molar-refractivity contribution in [1.82, 2.24) is 0 Å². The fourth-order valence-electron chi connectivity index (χ4n) is 0.